The second-order valence-electron chi connectivity index (χ2n) is 6.11. The number of aromatic nitrogens is 2. The van der Waals surface area contributed by atoms with Crippen molar-refractivity contribution in [3.8, 4) is 0 Å². The van der Waals surface area contributed by atoms with Gasteiger partial charge in [0.15, 0.2) is 0 Å². The fraction of sp³-hybridized carbons (Fsp3) is 0.211. The maximum absolute atomic E-state index is 12.2. The molecular weight excluding hydrogens is 318 g/mol. The Morgan fingerprint density at radius 3 is 2.72 bits per heavy atom. The molecule has 126 valence electrons. The summed E-state index contributed by atoms with van der Waals surface area (Å²) in [4.78, 5) is 27.8. The molecule has 0 atom stereocenters. The zero-order chi connectivity index (χ0) is 17.4. The van der Waals surface area contributed by atoms with Crippen molar-refractivity contribution in [1.82, 2.24) is 14.9 Å². The van der Waals surface area contributed by atoms with Crippen molar-refractivity contribution in [2.24, 2.45) is 0 Å². The summed E-state index contributed by atoms with van der Waals surface area (Å²) in [6, 6.07) is 12.5. The first-order chi connectivity index (χ1) is 12.1. The second-order valence-corrected chi connectivity index (χ2v) is 6.11. The molecule has 6 nitrogen and oxygen atoms in total. The molecule has 25 heavy (non-hydrogen) atoms. The van der Waals surface area contributed by atoms with Crippen LogP contribution in [0.4, 0.5) is 0 Å². The standard InChI is InChI=1S/C19H17N3O3/c23-18-14-2-1-3-15-17(14)22(11-10-20-18)16(21-15)9-6-12-4-7-13(8-5-12)19(24)25/h1-5,7-8H,6,9-11H2,(H,20,23)(H,24,25). The first-order valence-corrected chi connectivity index (χ1v) is 8.22. The number of nitrogens with one attached hydrogen (secondary N) is 1. The van der Waals surface area contributed by atoms with Gasteiger partial charge in [0.1, 0.15) is 5.82 Å². The van der Waals surface area contributed by atoms with Gasteiger partial charge in [0, 0.05) is 19.5 Å². The molecule has 0 bridgehead atoms. The van der Waals surface area contributed by atoms with Crippen molar-refractivity contribution in [2.45, 2.75) is 19.4 Å². The number of hydrogen-bond donors (Lipinski definition) is 2. The van der Waals surface area contributed by atoms with Crippen molar-refractivity contribution in [3.63, 3.8) is 0 Å². The lowest BCUT2D eigenvalue weighted by molar-refractivity contribution is 0.0696. The molecule has 0 radical (unpaired) electrons. The van der Waals surface area contributed by atoms with Crippen LogP contribution in [0.25, 0.3) is 11.0 Å². The number of carboxylic acid groups (broad SMARTS) is 1. The third-order valence-electron chi connectivity index (χ3n) is 4.55. The SMILES string of the molecule is O=C(O)c1ccc(CCc2nc3cccc4c3n2CCNC4=O)cc1. The second kappa shape index (κ2) is 6.05. The topological polar surface area (TPSA) is 84.2 Å². The zero-order valence-electron chi connectivity index (χ0n) is 13.5. The molecule has 0 saturated carbocycles. The van der Waals surface area contributed by atoms with Gasteiger partial charge >= 0.3 is 5.97 Å². The van der Waals surface area contributed by atoms with Gasteiger partial charge in [-0.1, -0.05) is 18.2 Å². The van der Waals surface area contributed by atoms with Gasteiger partial charge < -0.3 is 15.0 Å². The minimum atomic E-state index is -0.920. The molecule has 1 aromatic heterocycles. The summed E-state index contributed by atoms with van der Waals surface area (Å²) in [7, 11) is 0. The van der Waals surface area contributed by atoms with Crippen LogP contribution in [0.15, 0.2) is 42.5 Å². The average molecular weight is 335 g/mol. The third-order valence-corrected chi connectivity index (χ3v) is 4.55. The molecule has 6 heteroatoms. The third kappa shape index (κ3) is 2.76. The van der Waals surface area contributed by atoms with Crippen molar-refractivity contribution >= 4 is 22.9 Å². The summed E-state index contributed by atoms with van der Waals surface area (Å²) in [5.41, 5.74) is 3.75. The number of carboxylic acids is 1. The normalized spacial score (nSPS) is 13.5. The lowest BCUT2D eigenvalue weighted by Crippen LogP contribution is -2.24. The van der Waals surface area contributed by atoms with E-state index in [0.29, 0.717) is 18.7 Å². The Morgan fingerprint density at radius 2 is 1.96 bits per heavy atom. The number of aryl methyl sites for hydroxylation is 2. The summed E-state index contributed by atoms with van der Waals surface area (Å²) < 4.78 is 2.12. The Morgan fingerprint density at radius 1 is 1.16 bits per heavy atom. The lowest BCUT2D eigenvalue weighted by Gasteiger charge is -2.07. The summed E-state index contributed by atoms with van der Waals surface area (Å²) in [5.74, 6) is -0.0299. The van der Waals surface area contributed by atoms with E-state index in [1.807, 2.05) is 30.3 Å². The number of hydrogen-bond acceptors (Lipinski definition) is 3. The number of imidazole rings is 1. The number of para-hydroxylation sites is 1. The van der Waals surface area contributed by atoms with Gasteiger partial charge in [-0.3, -0.25) is 4.79 Å². The first-order valence-electron chi connectivity index (χ1n) is 8.22. The average Bonchev–Trinajstić information content (AvgIpc) is 2.88. The van der Waals surface area contributed by atoms with E-state index in [9.17, 15) is 9.59 Å². The van der Waals surface area contributed by atoms with Crippen LogP contribution >= 0.6 is 0 Å². The molecule has 1 amide bonds. The minimum absolute atomic E-state index is 0.0555. The van der Waals surface area contributed by atoms with Crippen LogP contribution in [-0.2, 0) is 19.4 Å². The van der Waals surface area contributed by atoms with Gasteiger partial charge in [-0.2, -0.15) is 0 Å². The van der Waals surface area contributed by atoms with E-state index in [0.717, 1.165) is 35.3 Å². The van der Waals surface area contributed by atoms with Crippen LogP contribution in [0.5, 0.6) is 0 Å². The largest absolute Gasteiger partial charge is 0.478 e. The Hall–Kier alpha value is -3.15. The molecule has 4 rings (SSSR count). The molecule has 2 N–H and O–H groups in total. The van der Waals surface area contributed by atoms with Crippen LogP contribution in [0, 0.1) is 0 Å². The summed E-state index contributed by atoms with van der Waals surface area (Å²) in [6.45, 7) is 1.28. The van der Waals surface area contributed by atoms with Gasteiger partial charge in [-0.25, -0.2) is 9.78 Å². The predicted octanol–water partition coefficient (Wildman–Crippen LogP) is 2.26. The van der Waals surface area contributed by atoms with Gasteiger partial charge in [-0.15, -0.1) is 0 Å². The Kier molecular flexibility index (Phi) is 3.72. The Balaban J connectivity index is 1.63. The van der Waals surface area contributed by atoms with E-state index in [-0.39, 0.29) is 11.5 Å². The molecule has 1 aliphatic rings. The zero-order valence-corrected chi connectivity index (χ0v) is 13.5. The fourth-order valence-corrected chi connectivity index (χ4v) is 3.30. The molecular formula is C19H17N3O3. The molecule has 0 unspecified atom stereocenters. The molecule has 1 aliphatic heterocycles. The van der Waals surface area contributed by atoms with E-state index in [1.54, 1.807) is 12.1 Å². The highest BCUT2D eigenvalue weighted by Crippen LogP contribution is 2.23. The number of benzene rings is 2. The number of rotatable bonds is 4. The molecule has 0 saturated heterocycles. The number of carbonyl (C=O) groups excluding carboxylic acids is 1. The highest BCUT2D eigenvalue weighted by Gasteiger charge is 2.20. The van der Waals surface area contributed by atoms with Gasteiger partial charge in [-0.05, 0) is 36.2 Å². The van der Waals surface area contributed by atoms with Crippen LogP contribution in [-0.4, -0.2) is 33.1 Å². The fourth-order valence-electron chi connectivity index (χ4n) is 3.30. The summed E-state index contributed by atoms with van der Waals surface area (Å²) in [5, 5.41) is 11.9. The van der Waals surface area contributed by atoms with E-state index in [1.165, 1.54) is 0 Å². The number of aromatic carboxylic acids is 1. The number of amides is 1. The van der Waals surface area contributed by atoms with Gasteiger partial charge in [0.05, 0.1) is 22.2 Å². The maximum Gasteiger partial charge on any atom is 0.335 e. The minimum Gasteiger partial charge on any atom is -0.478 e. The van der Waals surface area contributed by atoms with Crippen LogP contribution in [0.3, 0.4) is 0 Å². The van der Waals surface area contributed by atoms with Crippen LogP contribution in [0.1, 0.15) is 32.1 Å². The Labute approximate surface area is 144 Å². The van der Waals surface area contributed by atoms with Crippen molar-refractivity contribution in [2.75, 3.05) is 6.54 Å². The van der Waals surface area contributed by atoms with E-state index < -0.39 is 5.97 Å². The van der Waals surface area contributed by atoms with Crippen molar-refractivity contribution in [3.05, 3.63) is 65.0 Å². The highest BCUT2D eigenvalue weighted by atomic mass is 16.4. The lowest BCUT2D eigenvalue weighted by atomic mass is 10.1. The number of carbonyl (C=O) groups is 2. The van der Waals surface area contributed by atoms with Crippen LogP contribution in [0.2, 0.25) is 0 Å². The van der Waals surface area contributed by atoms with E-state index in [4.69, 9.17) is 10.1 Å². The summed E-state index contributed by atoms with van der Waals surface area (Å²) in [6.07, 6.45) is 1.49. The van der Waals surface area contributed by atoms with Gasteiger partial charge in [0.25, 0.3) is 5.91 Å². The smallest absolute Gasteiger partial charge is 0.335 e. The van der Waals surface area contributed by atoms with Gasteiger partial charge in [0.2, 0.25) is 0 Å². The van der Waals surface area contributed by atoms with Crippen LogP contribution < -0.4 is 5.32 Å². The molecule has 0 spiro atoms. The van der Waals surface area contributed by atoms with E-state index >= 15 is 0 Å². The molecule has 0 aliphatic carbocycles. The monoisotopic (exact) mass is 335 g/mol. The highest BCUT2D eigenvalue weighted by molar-refractivity contribution is 6.05. The molecule has 0 fully saturated rings. The first kappa shape index (κ1) is 15.4. The quantitative estimate of drug-likeness (QED) is 0.766. The number of nitrogens with zero attached hydrogens (tertiary/aromatic N) is 2. The molecule has 3 aromatic rings. The van der Waals surface area contributed by atoms with Crippen molar-refractivity contribution < 1.29 is 14.7 Å². The summed E-state index contributed by atoms with van der Waals surface area (Å²) >= 11 is 0. The maximum atomic E-state index is 12.2. The Bertz CT molecular complexity index is 973. The molecule has 2 aromatic carbocycles. The van der Waals surface area contributed by atoms with Crippen molar-refractivity contribution in [1.29, 1.82) is 0 Å². The predicted molar refractivity (Wildman–Crippen MR) is 92.9 cm³/mol. The van der Waals surface area contributed by atoms with E-state index in [2.05, 4.69) is 9.88 Å². The molecule has 2 heterocycles.